The highest BCUT2D eigenvalue weighted by molar-refractivity contribution is 7.99. The van der Waals surface area contributed by atoms with E-state index in [0.29, 0.717) is 11.3 Å². The number of hydrogen-bond acceptors (Lipinski definition) is 3. The zero-order chi connectivity index (χ0) is 20.3. The molecule has 0 saturated heterocycles. The third-order valence-electron chi connectivity index (χ3n) is 4.60. The number of nitrogens with one attached hydrogen (secondary N) is 1. The summed E-state index contributed by atoms with van der Waals surface area (Å²) in [5.74, 6) is 0.491. The van der Waals surface area contributed by atoms with Crippen LogP contribution >= 0.6 is 11.8 Å². The van der Waals surface area contributed by atoms with Crippen molar-refractivity contribution in [2.24, 2.45) is 0 Å². The number of phenolic OH excluding ortho intramolecular Hbond substituents is 1. The van der Waals surface area contributed by atoms with Gasteiger partial charge in [-0.15, -0.1) is 0 Å². The van der Waals surface area contributed by atoms with Crippen molar-refractivity contribution in [3.63, 3.8) is 0 Å². The first-order valence-electron chi connectivity index (χ1n) is 9.33. The molecule has 0 unspecified atom stereocenters. The van der Waals surface area contributed by atoms with Crippen molar-refractivity contribution in [1.82, 2.24) is 0 Å². The molecule has 3 rings (SSSR count). The van der Waals surface area contributed by atoms with Gasteiger partial charge in [-0.05, 0) is 78.9 Å². The van der Waals surface area contributed by atoms with E-state index in [9.17, 15) is 9.90 Å². The molecule has 2 N–H and O–H groups in total. The third kappa shape index (κ3) is 4.57. The molecule has 0 heterocycles. The molecule has 0 radical (unpaired) electrons. The van der Waals surface area contributed by atoms with Gasteiger partial charge in [0.2, 0.25) is 0 Å². The number of aromatic hydroxyl groups is 1. The number of anilines is 1. The average molecular weight is 392 g/mol. The molecule has 28 heavy (non-hydrogen) atoms. The zero-order valence-corrected chi connectivity index (χ0v) is 17.4. The molecule has 4 heteroatoms. The van der Waals surface area contributed by atoms with Crippen LogP contribution in [0.3, 0.4) is 0 Å². The highest BCUT2D eigenvalue weighted by atomic mass is 32.2. The quantitative estimate of drug-likeness (QED) is 0.519. The summed E-state index contributed by atoms with van der Waals surface area (Å²) < 4.78 is 0. The fourth-order valence-electron chi connectivity index (χ4n) is 3.15. The van der Waals surface area contributed by atoms with Crippen molar-refractivity contribution in [2.75, 3.05) is 5.32 Å². The van der Waals surface area contributed by atoms with Crippen LogP contribution in [0.5, 0.6) is 5.75 Å². The summed E-state index contributed by atoms with van der Waals surface area (Å²) in [7, 11) is 0. The van der Waals surface area contributed by atoms with E-state index in [0.717, 1.165) is 32.2 Å². The standard InChI is InChI=1S/C24H25NO2S/c1-15(2)21-14-20(10-11-22(21)26)28-23-16(3)12-19(13-17(23)4)25-24(27)18-8-6-5-7-9-18/h5-15,26H,1-4H3,(H,25,27). The van der Waals surface area contributed by atoms with Gasteiger partial charge in [-0.1, -0.05) is 43.8 Å². The Labute approximate surface area is 170 Å². The molecule has 1 amide bonds. The second kappa shape index (κ2) is 8.53. The predicted octanol–water partition coefficient (Wildman–Crippen LogP) is 6.54. The number of rotatable bonds is 5. The van der Waals surface area contributed by atoms with E-state index >= 15 is 0 Å². The molecule has 144 valence electrons. The van der Waals surface area contributed by atoms with Crippen LogP contribution in [0.25, 0.3) is 0 Å². The third-order valence-corrected chi connectivity index (χ3v) is 5.93. The number of hydrogen-bond donors (Lipinski definition) is 2. The van der Waals surface area contributed by atoms with Gasteiger partial charge in [-0.3, -0.25) is 4.79 Å². The van der Waals surface area contributed by atoms with Gasteiger partial charge in [-0.25, -0.2) is 0 Å². The highest BCUT2D eigenvalue weighted by Crippen LogP contribution is 2.37. The minimum atomic E-state index is -0.111. The Morgan fingerprint density at radius 2 is 1.61 bits per heavy atom. The molecule has 3 aromatic rings. The van der Waals surface area contributed by atoms with Crippen LogP contribution in [-0.2, 0) is 0 Å². The van der Waals surface area contributed by atoms with Crippen LogP contribution in [0.1, 0.15) is 46.8 Å². The lowest BCUT2D eigenvalue weighted by molar-refractivity contribution is 0.102. The largest absolute Gasteiger partial charge is 0.508 e. The van der Waals surface area contributed by atoms with Gasteiger partial charge in [0, 0.05) is 21.0 Å². The molecule has 0 aromatic heterocycles. The van der Waals surface area contributed by atoms with Crippen LogP contribution in [0.4, 0.5) is 5.69 Å². The van der Waals surface area contributed by atoms with E-state index in [4.69, 9.17) is 0 Å². The molecule has 0 saturated carbocycles. The Kier molecular flexibility index (Phi) is 6.10. The van der Waals surface area contributed by atoms with Crippen molar-refractivity contribution >= 4 is 23.4 Å². The first-order chi connectivity index (χ1) is 13.3. The molecule has 3 nitrogen and oxygen atoms in total. The minimum Gasteiger partial charge on any atom is -0.508 e. The SMILES string of the molecule is Cc1cc(NC(=O)c2ccccc2)cc(C)c1Sc1ccc(O)c(C(C)C)c1. The lowest BCUT2D eigenvalue weighted by Crippen LogP contribution is -2.12. The van der Waals surface area contributed by atoms with E-state index in [1.807, 2.05) is 36.4 Å². The number of aryl methyl sites for hydroxylation is 2. The highest BCUT2D eigenvalue weighted by Gasteiger charge is 2.12. The molecule has 0 aliphatic heterocycles. The van der Waals surface area contributed by atoms with Crippen molar-refractivity contribution < 1.29 is 9.90 Å². The Balaban J connectivity index is 1.83. The second-order valence-corrected chi connectivity index (χ2v) is 8.32. The number of carbonyl (C=O) groups excluding carboxylic acids is 1. The molecule has 3 aromatic carbocycles. The van der Waals surface area contributed by atoms with Crippen LogP contribution in [0.15, 0.2) is 70.5 Å². The molecule has 0 aliphatic carbocycles. The molecule has 0 aliphatic rings. The number of benzene rings is 3. The van der Waals surface area contributed by atoms with Crippen LogP contribution in [-0.4, -0.2) is 11.0 Å². The van der Waals surface area contributed by atoms with Crippen LogP contribution < -0.4 is 5.32 Å². The van der Waals surface area contributed by atoms with Crippen molar-refractivity contribution in [2.45, 2.75) is 43.4 Å². The minimum absolute atomic E-state index is 0.111. The fourth-order valence-corrected chi connectivity index (χ4v) is 4.15. The van der Waals surface area contributed by atoms with Crippen molar-refractivity contribution in [1.29, 1.82) is 0 Å². The van der Waals surface area contributed by atoms with Gasteiger partial charge in [-0.2, -0.15) is 0 Å². The van der Waals surface area contributed by atoms with E-state index < -0.39 is 0 Å². The van der Waals surface area contributed by atoms with Gasteiger partial charge in [0.05, 0.1) is 0 Å². The summed E-state index contributed by atoms with van der Waals surface area (Å²) in [5, 5.41) is 13.0. The maximum atomic E-state index is 12.4. The predicted molar refractivity (Wildman–Crippen MR) is 117 cm³/mol. The van der Waals surface area contributed by atoms with Crippen LogP contribution in [0.2, 0.25) is 0 Å². The fraction of sp³-hybridized carbons (Fsp3) is 0.208. The lowest BCUT2D eigenvalue weighted by Gasteiger charge is -2.15. The maximum absolute atomic E-state index is 12.4. The topological polar surface area (TPSA) is 49.3 Å². The summed E-state index contributed by atoms with van der Waals surface area (Å²) in [4.78, 5) is 14.7. The molecule has 0 bridgehead atoms. The van der Waals surface area contributed by atoms with Crippen LogP contribution in [0, 0.1) is 13.8 Å². The van der Waals surface area contributed by atoms with Crippen molar-refractivity contribution in [3.8, 4) is 5.75 Å². The molecule has 0 spiro atoms. The number of amides is 1. The molecule has 0 atom stereocenters. The molecule has 0 fully saturated rings. The van der Waals surface area contributed by atoms with Gasteiger partial charge >= 0.3 is 0 Å². The van der Waals surface area contributed by atoms with E-state index in [1.54, 1.807) is 30.0 Å². The summed E-state index contributed by atoms with van der Waals surface area (Å²) in [6.07, 6.45) is 0. The number of carbonyl (C=O) groups is 1. The summed E-state index contributed by atoms with van der Waals surface area (Å²) >= 11 is 1.68. The van der Waals surface area contributed by atoms with E-state index in [-0.39, 0.29) is 11.8 Å². The second-order valence-electron chi connectivity index (χ2n) is 7.24. The van der Waals surface area contributed by atoms with Gasteiger partial charge < -0.3 is 10.4 Å². The number of phenols is 1. The van der Waals surface area contributed by atoms with Crippen molar-refractivity contribution in [3.05, 3.63) is 82.9 Å². The van der Waals surface area contributed by atoms with E-state index in [2.05, 4.69) is 39.1 Å². The maximum Gasteiger partial charge on any atom is 0.255 e. The first kappa shape index (κ1) is 20.0. The van der Waals surface area contributed by atoms with Gasteiger partial charge in [0.15, 0.2) is 0 Å². The normalized spacial score (nSPS) is 10.9. The Morgan fingerprint density at radius 1 is 0.964 bits per heavy atom. The first-order valence-corrected chi connectivity index (χ1v) is 10.1. The lowest BCUT2D eigenvalue weighted by atomic mass is 10.0. The Morgan fingerprint density at radius 3 is 2.21 bits per heavy atom. The molecular weight excluding hydrogens is 366 g/mol. The summed E-state index contributed by atoms with van der Waals surface area (Å²) in [6, 6.07) is 19.0. The van der Waals surface area contributed by atoms with Gasteiger partial charge in [0.25, 0.3) is 5.91 Å². The van der Waals surface area contributed by atoms with Gasteiger partial charge in [0.1, 0.15) is 5.75 Å². The Hall–Kier alpha value is -2.72. The smallest absolute Gasteiger partial charge is 0.255 e. The molecular formula is C24H25NO2S. The zero-order valence-electron chi connectivity index (χ0n) is 16.6. The summed E-state index contributed by atoms with van der Waals surface area (Å²) in [6.45, 7) is 8.25. The monoisotopic (exact) mass is 391 g/mol. The average Bonchev–Trinajstić information content (AvgIpc) is 2.66. The Bertz CT molecular complexity index is 974. The van der Waals surface area contributed by atoms with E-state index in [1.165, 1.54) is 0 Å². The summed E-state index contributed by atoms with van der Waals surface area (Å²) in [5.41, 5.74) is 4.59.